The Kier molecular flexibility index (Phi) is 5.53. The molecule has 0 aliphatic heterocycles. The number of aromatic nitrogens is 1. The van der Waals surface area contributed by atoms with Crippen molar-refractivity contribution in [3.63, 3.8) is 0 Å². The van der Waals surface area contributed by atoms with Gasteiger partial charge in [0.15, 0.2) is 0 Å². The highest BCUT2D eigenvalue weighted by Crippen LogP contribution is 2.17. The van der Waals surface area contributed by atoms with E-state index in [9.17, 15) is 5.11 Å². The summed E-state index contributed by atoms with van der Waals surface area (Å²) in [5, 5.41) is 10.9. The molecule has 1 heterocycles. The van der Waals surface area contributed by atoms with Crippen molar-refractivity contribution in [1.82, 2.24) is 9.88 Å². The molecule has 1 atom stereocenters. The molecule has 20 heavy (non-hydrogen) atoms. The van der Waals surface area contributed by atoms with Crippen LogP contribution in [0, 0.1) is 0 Å². The van der Waals surface area contributed by atoms with E-state index in [1.54, 1.807) is 18.3 Å². The monoisotopic (exact) mass is 290 g/mol. The molecule has 1 aromatic heterocycles. The Labute approximate surface area is 124 Å². The lowest BCUT2D eigenvalue weighted by atomic mass is 10.1. The number of hydrogen-bond acceptors (Lipinski definition) is 3. The maximum atomic E-state index is 10.2. The SMILES string of the molecule is CN(CCc1ccccn1)CC(O)c1ccc(Cl)cc1. The van der Waals surface area contributed by atoms with E-state index in [1.165, 1.54) is 0 Å². The van der Waals surface area contributed by atoms with Gasteiger partial charge in [0.05, 0.1) is 6.10 Å². The second-order valence-corrected chi connectivity index (χ2v) is 5.34. The van der Waals surface area contributed by atoms with Gasteiger partial charge in [0.1, 0.15) is 0 Å². The number of aliphatic hydroxyl groups is 1. The lowest BCUT2D eigenvalue weighted by Crippen LogP contribution is -2.27. The number of rotatable bonds is 6. The molecule has 0 bridgehead atoms. The number of hydrogen-bond donors (Lipinski definition) is 1. The normalized spacial score (nSPS) is 12.6. The first kappa shape index (κ1) is 15.0. The van der Waals surface area contributed by atoms with Crippen molar-refractivity contribution in [2.24, 2.45) is 0 Å². The first-order valence-electron chi connectivity index (χ1n) is 6.67. The van der Waals surface area contributed by atoms with Crippen LogP contribution in [0.15, 0.2) is 48.7 Å². The van der Waals surface area contributed by atoms with Crippen LogP contribution in [-0.4, -0.2) is 35.1 Å². The van der Waals surface area contributed by atoms with Gasteiger partial charge in [-0.05, 0) is 36.9 Å². The Morgan fingerprint density at radius 1 is 1.20 bits per heavy atom. The van der Waals surface area contributed by atoms with Gasteiger partial charge in [-0.1, -0.05) is 29.8 Å². The maximum absolute atomic E-state index is 10.2. The Morgan fingerprint density at radius 2 is 1.95 bits per heavy atom. The maximum Gasteiger partial charge on any atom is 0.0916 e. The largest absolute Gasteiger partial charge is 0.387 e. The minimum atomic E-state index is -0.499. The fourth-order valence-corrected chi connectivity index (χ4v) is 2.15. The van der Waals surface area contributed by atoms with E-state index in [4.69, 9.17) is 11.6 Å². The molecule has 0 aliphatic rings. The molecule has 1 unspecified atom stereocenters. The molecule has 2 aromatic rings. The topological polar surface area (TPSA) is 36.4 Å². The molecule has 0 saturated heterocycles. The van der Waals surface area contributed by atoms with E-state index < -0.39 is 6.10 Å². The van der Waals surface area contributed by atoms with E-state index in [-0.39, 0.29) is 0 Å². The summed E-state index contributed by atoms with van der Waals surface area (Å²) in [4.78, 5) is 6.40. The van der Waals surface area contributed by atoms with Gasteiger partial charge in [0.25, 0.3) is 0 Å². The third-order valence-electron chi connectivity index (χ3n) is 3.22. The van der Waals surface area contributed by atoms with Crippen molar-refractivity contribution < 1.29 is 5.11 Å². The van der Waals surface area contributed by atoms with Gasteiger partial charge >= 0.3 is 0 Å². The van der Waals surface area contributed by atoms with Crippen LogP contribution in [0.2, 0.25) is 5.02 Å². The molecule has 0 saturated carbocycles. The molecule has 0 aliphatic carbocycles. The first-order chi connectivity index (χ1) is 9.65. The van der Waals surface area contributed by atoms with Crippen molar-refractivity contribution in [2.75, 3.05) is 20.1 Å². The molecule has 1 N–H and O–H groups in total. The van der Waals surface area contributed by atoms with E-state index in [2.05, 4.69) is 9.88 Å². The Balaban J connectivity index is 1.82. The number of benzene rings is 1. The fourth-order valence-electron chi connectivity index (χ4n) is 2.03. The van der Waals surface area contributed by atoms with Crippen LogP contribution < -0.4 is 0 Å². The van der Waals surface area contributed by atoms with E-state index >= 15 is 0 Å². The van der Waals surface area contributed by atoms with Crippen LogP contribution in [0.4, 0.5) is 0 Å². The number of likely N-dealkylation sites (N-methyl/N-ethyl adjacent to an activating group) is 1. The second-order valence-electron chi connectivity index (χ2n) is 4.90. The predicted octanol–water partition coefficient (Wildman–Crippen LogP) is 2.94. The van der Waals surface area contributed by atoms with E-state index in [0.717, 1.165) is 24.2 Å². The molecule has 2 rings (SSSR count). The van der Waals surface area contributed by atoms with Crippen molar-refractivity contribution in [1.29, 1.82) is 0 Å². The predicted molar refractivity (Wildman–Crippen MR) is 81.8 cm³/mol. The summed E-state index contributed by atoms with van der Waals surface area (Å²) >= 11 is 5.84. The minimum absolute atomic E-state index is 0.499. The summed E-state index contributed by atoms with van der Waals surface area (Å²) in [6.45, 7) is 1.45. The van der Waals surface area contributed by atoms with Crippen molar-refractivity contribution in [2.45, 2.75) is 12.5 Å². The molecule has 106 valence electrons. The van der Waals surface area contributed by atoms with Crippen molar-refractivity contribution in [3.8, 4) is 0 Å². The summed E-state index contributed by atoms with van der Waals surface area (Å²) in [6, 6.07) is 13.2. The van der Waals surface area contributed by atoms with Crippen LogP contribution in [0.1, 0.15) is 17.4 Å². The van der Waals surface area contributed by atoms with Gasteiger partial charge in [-0.15, -0.1) is 0 Å². The quantitative estimate of drug-likeness (QED) is 0.889. The highest BCUT2D eigenvalue weighted by Gasteiger charge is 2.10. The lowest BCUT2D eigenvalue weighted by Gasteiger charge is -2.20. The number of aliphatic hydroxyl groups excluding tert-OH is 1. The van der Waals surface area contributed by atoms with Gasteiger partial charge in [-0.2, -0.15) is 0 Å². The smallest absolute Gasteiger partial charge is 0.0916 e. The van der Waals surface area contributed by atoms with Crippen LogP contribution in [0.5, 0.6) is 0 Å². The minimum Gasteiger partial charge on any atom is -0.387 e. The summed E-state index contributed by atoms with van der Waals surface area (Å²) in [5.74, 6) is 0. The van der Waals surface area contributed by atoms with Crippen LogP contribution >= 0.6 is 11.6 Å². The molecule has 4 heteroatoms. The average molecular weight is 291 g/mol. The summed E-state index contributed by atoms with van der Waals surface area (Å²) in [7, 11) is 2.00. The molecule has 0 spiro atoms. The molecular formula is C16H19ClN2O. The zero-order valence-corrected chi connectivity index (χ0v) is 12.3. The highest BCUT2D eigenvalue weighted by atomic mass is 35.5. The van der Waals surface area contributed by atoms with E-state index in [1.807, 2.05) is 37.4 Å². The lowest BCUT2D eigenvalue weighted by molar-refractivity contribution is 0.127. The van der Waals surface area contributed by atoms with Gasteiger partial charge in [-0.3, -0.25) is 4.98 Å². The van der Waals surface area contributed by atoms with Gasteiger partial charge in [0.2, 0.25) is 0 Å². The fraction of sp³-hybridized carbons (Fsp3) is 0.312. The summed E-state index contributed by atoms with van der Waals surface area (Å²) in [5.41, 5.74) is 1.96. The number of halogens is 1. The van der Waals surface area contributed by atoms with Gasteiger partial charge < -0.3 is 10.0 Å². The van der Waals surface area contributed by atoms with Crippen LogP contribution in [0.25, 0.3) is 0 Å². The van der Waals surface area contributed by atoms with E-state index in [0.29, 0.717) is 11.6 Å². The van der Waals surface area contributed by atoms with Crippen molar-refractivity contribution >= 4 is 11.6 Å². The number of nitrogens with zero attached hydrogens (tertiary/aromatic N) is 2. The van der Waals surface area contributed by atoms with Crippen LogP contribution in [0.3, 0.4) is 0 Å². The third kappa shape index (κ3) is 4.60. The molecule has 0 amide bonds. The summed E-state index contributed by atoms with van der Waals surface area (Å²) in [6.07, 6.45) is 2.18. The van der Waals surface area contributed by atoms with Crippen LogP contribution in [-0.2, 0) is 6.42 Å². The van der Waals surface area contributed by atoms with Gasteiger partial charge in [0, 0.05) is 36.4 Å². The number of pyridine rings is 1. The second kappa shape index (κ2) is 7.39. The zero-order valence-electron chi connectivity index (χ0n) is 11.5. The standard InChI is InChI=1S/C16H19ClN2O/c1-19(11-9-15-4-2-3-10-18-15)12-16(20)13-5-7-14(17)8-6-13/h2-8,10,16,20H,9,11-12H2,1H3. The van der Waals surface area contributed by atoms with Crippen molar-refractivity contribution in [3.05, 3.63) is 64.9 Å². The highest BCUT2D eigenvalue weighted by molar-refractivity contribution is 6.30. The summed E-state index contributed by atoms with van der Waals surface area (Å²) < 4.78 is 0. The average Bonchev–Trinajstić information content (AvgIpc) is 2.47. The Bertz CT molecular complexity index is 516. The Hall–Kier alpha value is -1.42. The zero-order chi connectivity index (χ0) is 14.4. The Morgan fingerprint density at radius 3 is 2.60 bits per heavy atom. The molecule has 1 aromatic carbocycles. The third-order valence-corrected chi connectivity index (χ3v) is 3.47. The molecule has 3 nitrogen and oxygen atoms in total. The molecule has 0 radical (unpaired) electrons. The molecular weight excluding hydrogens is 272 g/mol. The first-order valence-corrected chi connectivity index (χ1v) is 7.05. The van der Waals surface area contributed by atoms with Gasteiger partial charge in [-0.25, -0.2) is 0 Å². The molecule has 0 fully saturated rings.